The predicted octanol–water partition coefficient (Wildman–Crippen LogP) is 1.16. The maximum atomic E-state index is 8.68. The molecule has 0 aliphatic rings. The van der Waals surface area contributed by atoms with E-state index in [0.29, 0.717) is 5.46 Å². The molecule has 0 amide bonds. The molecular formula is C8H12BBrO2. The van der Waals surface area contributed by atoms with Gasteiger partial charge in [-0.1, -0.05) is 41.9 Å². The van der Waals surface area contributed by atoms with Gasteiger partial charge in [0.25, 0.3) is 0 Å². The highest BCUT2D eigenvalue weighted by molar-refractivity contribution is 9.10. The van der Waals surface area contributed by atoms with Crippen LogP contribution in [0.5, 0.6) is 0 Å². The highest BCUT2D eigenvalue weighted by Crippen LogP contribution is 2.04. The van der Waals surface area contributed by atoms with Crippen molar-refractivity contribution in [3.05, 3.63) is 28.7 Å². The molecule has 4 heteroatoms. The number of halogens is 1. The molecule has 12 heavy (non-hydrogen) atoms. The minimum absolute atomic E-state index is 0.495. The zero-order chi connectivity index (χ0) is 9.56. The van der Waals surface area contributed by atoms with Crippen LogP contribution in [0.2, 0.25) is 0 Å². The molecular weight excluding hydrogens is 219 g/mol. The molecule has 0 fully saturated rings. The van der Waals surface area contributed by atoms with Gasteiger partial charge in [0.05, 0.1) is 0 Å². The molecule has 1 aromatic rings. The smallest absolute Gasteiger partial charge is 0.423 e. The quantitative estimate of drug-likeness (QED) is 0.711. The summed E-state index contributed by atoms with van der Waals surface area (Å²) in [6.45, 7) is 4.00. The standard InChI is InChI=1S/C6H6BBrO2.C2H6/c8-6-3-1-2-5(4-6)7(9)10;1-2/h1-4,9-10H;1-2H3. The second-order valence-electron chi connectivity index (χ2n) is 1.93. The van der Waals surface area contributed by atoms with Crippen molar-refractivity contribution < 1.29 is 10.0 Å². The van der Waals surface area contributed by atoms with Gasteiger partial charge in [-0.25, -0.2) is 0 Å². The van der Waals surface area contributed by atoms with Gasteiger partial charge < -0.3 is 10.0 Å². The Balaban J connectivity index is 0.000000561. The van der Waals surface area contributed by atoms with Gasteiger partial charge in [0.1, 0.15) is 0 Å². The SMILES string of the molecule is CC.OB(O)c1cccc(Br)c1. The third-order valence-corrected chi connectivity index (χ3v) is 1.64. The number of rotatable bonds is 1. The third kappa shape index (κ3) is 3.90. The van der Waals surface area contributed by atoms with Gasteiger partial charge in [-0.05, 0) is 17.6 Å². The Morgan fingerprint density at radius 3 is 2.17 bits per heavy atom. The van der Waals surface area contributed by atoms with E-state index in [1.807, 2.05) is 19.9 Å². The number of benzene rings is 1. The molecule has 0 unspecified atom stereocenters. The molecule has 0 heterocycles. The Labute approximate surface area is 81.5 Å². The fourth-order valence-corrected chi connectivity index (χ4v) is 1.08. The van der Waals surface area contributed by atoms with Crippen LogP contribution in [0.1, 0.15) is 13.8 Å². The molecule has 0 saturated carbocycles. The van der Waals surface area contributed by atoms with Crippen molar-refractivity contribution in [2.75, 3.05) is 0 Å². The van der Waals surface area contributed by atoms with Crippen molar-refractivity contribution in [2.45, 2.75) is 13.8 Å². The summed E-state index contributed by atoms with van der Waals surface area (Å²) in [6, 6.07) is 6.88. The lowest BCUT2D eigenvalue weighted by atomic mass is 9.81. The maximum Gasteiger partial charge on any atom is 0.488 e. The minimum Gasteiger partial charge on any atom is -0.423 e. The van der Waals surface area contributed by atoms with E-state index in [0.717, 1.165) is 4.47 Å². The van der Waals surface area contributed by atoms with Gasteiger partial charge in [-0.15, -0.1) is 0 Å². The molecule has 2 nitrogen and oxygen atoms in total. The summed E-state index contributed by atoms with van der Waals surface area (Å²) in [5.74, 6) is 0. The summed E-state index contributed by atoms with van der Waals surface area (Å²) in [5.41, 5.74) is 0.495. The highest BCUT2D eigenvalue weighted by Gasteiger charge is 2.09. The Morgan fingerprint density at radius 2 is 1.83 bits per heavy atom. The van der Waals surface area contributed by atoms with Gasteiger partial charge in [-0.3, -0.25) is 0 Å². The highest BCUT2D eigenvalue weighted by atomic mass is 79.9. The lowest BCUT2D eigenvalue weighted by molar-refractivity contribution is 0.426. The second kappa shape index (κ2) is 6.23. The maximum absolute atomic E-state index is 8.68. The van der Waals surface area contributed by atoms with E-state index in [2.05, 4.69) is 15.9 Å². The van der Waals surface area contributed by atoms with Crippen LogP contribution in [0.4, 0.5) is 0 Å². The molecule has 1 aromatic carbocycles. The molecule has 66 valence electrons. The topological polar surface area (TPSA) is 40.5 Å². The summed E-state index contributed by atoms with van der Waals surface area (Å²) in [6.07, 6.45) is 0. The minimum atomic E-state index is -1.38. The zero-order valence-electron chi connectivity index (χ0n) is 7.16. The van der Waals surface area contributed by atoms with Crippen LogP contribution in [0.3, 0.4) is 0 Å². The summed E-state index contributed by atoms with van der Waals surface area (Å²) in [7, 11) is -1.38. The summed E-state index contributed by atoms with van der Waals surface area (Å²) < 4.78 is 0.845. The normalized spacial score (nSPS) is 8.42. The van der Waals surface area contributed by atoms with E-state index in [4.69, 9.17) is 10.0 Å². The predicted molar refractivity (Wildman–Crippen MR) is 55.3 cm³/mol. The average Bonchev–Trinajstić information content (AvgIpc) is 2.08. The zero-order valence-corrected chi connectivity index (χ0v) is 8.75. The molecule has 2 N–H and O–H groups in total. The average molecular weight is 231 g/mol. The molecule has 0 aliphatic carbocycles. The molecule has 0 radical (unpaired) electrons. The second-order valence-corrected chi connectivity index (χ2v) is 2.84. The van der Waals surface area contributed by atoms with Crippen molar-refractivity contribution >= 4 is 28.5 Å². The van der Waals surface area contributed by atoms with Gasteiger partial charge in [0.2, 0.25) is 0 Å². The van der Waals surface area contributed by atoms with Gasteiger partial charge in [0.15, 0.2) is 0 Å². The molecule has 0 saturated heterocycles. The number of hydrogen-bond acceptors (Lipinski definition) is 2. The molecule has 0 atom stereocenters. The van der Waals surface area contributed by atoms with Crippen LogP contribution in [0.15, 0.2) is 28.7 Å². The van der Waals surface area contributed by atoms with Crippen molar-refractivity contribution in [3.8, 4) is 0 Å². The van der Waals surface area contributed by atoms with Crippen molar-refractivity contribution in [2.24, 2.45) is 0 Å². The Kier molecular flexibility index (Phi) is 6.07. The molecule has 0 bridgehead atoms. The third-order valence-electron chi connectivity index (χ3n) is 1.15. The van der Waals surface area contributed by atoms with E-state index in [-0.39, 0.29) is 0 Å². The van der Waals surface area contributed by atoms with Crippen LogP contribution in [-0.2, 0) is 0 Å². The van der Waals surface area contributed by atoms with E-state index < -0.39 is 7.12 Å². The lowest BCUT2D eigenvalue weighted by Gasteiger charge is -1.97. The van der Waals surface area contributed by atoms with E-state index >= 15 is 0 Å². The molecule has 0 aromatic heterocycles. The van der Waals surface area contributed by atoms with Gasteiger partial charge >= 0.3 is 7.12 Å². The van der Waals surface area contributed by atoms with E-state index in [9.17, 15) is 0 Å². The Hall–Kier alpha value is -0.315. The van der Waals surface area contributed by atoms with Crippen LogP contribution in [0.25, 0.3) is 0 Å². The fourth-order valence-electron chi connectivity index (χ4n) is 0.667. The first-order valence-electron chi connectivity index (χ1n) is 3.82. The molecule has 0 spiro atoms. The van der Waals surface area contributed by atoms with Crippen molar-refractivity contribution in [1.29, 1.82) is 0 Å². The summed E-state index contributed by atoms with van der Waals surface area (Å²) >= 11 is 3.21. The van der Waals surface area contributed by atoms with E-state index in [1.165, 1.54) is 0 Å². The van der Waals surface area contributed by atoms with Crippen molar-refractivity contribution in [1.82, 2.24) is 0 Å². The lowest BCUT2D eigenvalue weighted by Crippen LogP contribution is -2.29. The first-order valence-corrected chi connectivity index (χ1v) is 4.61. The van der Waals surface area contributed by atoms with Crippen LogP contribution in [0, 0.1) is 0 Å². The fraction of sp³-hybridized carbons (Fsp3) is 0.250. The Morgan fingerprint density at radius 1 is 1.25 bits per heavy atom. The van der Waals surface area contributed by atoms with Crippen LogP contribution < -0.4 is 5.46 Å². The largest absolute Gasteiger partial charge is 0.488 e. The summed E-state index contributed by atoms with van der Waals surface area (Å²) in [5, 5.41) is 17.4. The summed E-state index contributed by atoms with van der Waals surface area (Å²) in [4.78, 5) is 0. The first-order chi connectivity index (χ1) is 5.70. The first kappa shape index (κ1) is 11.7. The van der Waals surface area contributed by atoms with Crippen molar-refractivity contribution in [3.63, 3.8) is 0 Å². The van der Waals surface area contributed by atoms with Crippen LogP contribution >= 0.6 is 15.9 Å². The van der Waals surface area contributed by atoms with Gasteiger partial charge in [0, 0.05) is 4.47 Å². The van der Waals surface area contributed by atoms with Crippen LogP contribution in [-0.4, -0.2) is 17.2 Å². The number of hydrogen-bond donors (Lipinski definition) is 2. The molecule has 0 aliphatic heterocycles. The van der Waals surface area contributed by atoms with Gasteiger partial charge in [-0.2, -0.15) is 0 Å². The Bertz CT molecular complexity index is 228. The molecule has 1 rings (SSSR count). The van der Waals surface area contributed by atoms with E-state index in [1.54, 1.807) is 18.2 Å². The monoisotopic (exact) mass is 230 g/mol.